The molecule has 0 radical (unpaired) electrons. The summed E-state index contributed by atoms with van der Waals surface area (Å²) < 4.78 is 5.16. The van der Waals surface area contributed by atoms with E-state index in [0.717, 1.165) is 6.61 Å². The second-order valence-corrected chi connectivity index (χ2v) is 4.68. The van der Waals surface area contributed by atoms with E-state index >= 15 is 0 Å². The van der Waals surface area contributed by atoms with Gasteiger partial charge in [-0.1, -0.05) is 29.8 Å². The lowest BCUT2D eigenvalue weighted by Gasteiger charge is -2.25. The number of hydrogen-bond donors (Lipinski definition) is 0. The van der Waals surface area contributed by atoms with Gasteiger partial charge >= 0.3 is 0 Å². The van der Waals surface area contributed by atoms with E-state index in [1.54, 1.807) is 7.11 Å². The van der Waals surface area contributed by atoms with Gasteiger partial charge in [0.15, 0.2) is 0 Å². The van der Waals surface area contributed by atoms with Crippen LogP contribution in [-0.2, 0) is 4.74 Å². The van der Waals surface area contributed by atoms with Crippen molar-refractivity contribution in [3.63, 3.8) is 0 Å². The zero-order valence-corrected chi connectivity index (χ0v) is 8.16. The van der Waals surface area contributed by atoms with Gasteiger partial charge in [-0.2, -0.15) is 0 Å². The van der Waals surface area contributed by atoms with Crippen LogP contribution in [0.3, 0.4) is 0 Å². The fraction of sp³-hybridized carbons (Fsp3) is 1.00. The number of hydrogen-bond acceptors (Lipinski definition) is 1. The van der Waals surface area contributed by atoms with E-state index < -0.39 is 0 Å². The highest BCUT2D eigenvalue weighted by Gasteiger charge is 2.23. The van der Waals surface area contributed by atoms with E-state index in [0.29, 0.717) is 5.92 Å². The molecular formula is C7H15BrO. The molecule has 0 amide bonds. The average molecular weight is 195 g/mol. The maximum absolute atomic E-state index is 5.02. The molecule has 0 bridgehead atoms. The van der Waals surface area contributed by atoms with Crippen LogP contribution in [0, 0.1) is 5.92 Å². The molecule has 0 N–H and O–H groups in total. The van der Waals surface area contributed by atoms with E-state index in [1.165, 1.54) is 0 Å². The number of ether oxygens (including phenoxy) is 1. The highest BCUT2D eigenvalue weighted by atomic mass is 79.9. The Balaban J connectivity index is 3.70. The van der Waals surface area contributed by atoms with Crippen LogP contribution >= 0.6 is 15.9 Å². The van der Waals surface area contributed by atoms with Crippen molar-refractivity contribution in [3.05, 3.63) is 0 Å². The zero-order valence-electron chi connectivity index (χ0n) is 6.57. The quantitative estimate of drug-likeness (QED) is 0.628. The smallest absolute Gasteiger partial charge is 0.0615 e. The van der Waals surface area contributed by atoms with Gasteiger partial charge in [-0.25, -0.2) is 0 Å². The van der Waals surface area contributed by atoms with Crippen LogP contribution in [0.2, 0.25) is 0 Å². The van der Waals surface area contributed by atoms with E-state index in [4.69, 9.17) is 4.74 Å². The van der Waals surface area contributed by atoms with E-state index in [9.17, 15) is 0 Å². The highest BCUT2D eigenvalue weighted by molar-refractivity contribution is 9.10. The van der Waals surface area contributed by atoms with Crippen molar-refractivity contribution in [2.45, 2.75) is 25.1 Å². The molecule has 1 nitrogen and oxygen atoms in total. The molecule has 0 rings (SSSR count). The first-order valence-corrected chi connectivity index (χ1v) is 3.98. The van der Waals surface area contributed by atoms with Gasteiger partial charge in [0.2, 0.25) is 0 Å². The molecule has 1 atom stereocenters. The second kappa shape index (κ2) is 3.57. The van der Waals surface area contributed by atoms with Crippen LogP contribution in [0.15, 0.2) is 0 Å². The van der Waals surface area contributed by atoms with Gasteiger partial charge in [-0.3, -0.25) is 0 Å². The lowest BCUT2D eigenvalue weighted by Crippen LogP contribution is -2.28. The number of methoxy groups -OCH3 is 1. The van der Waals surface area contributed by atoms with E-state index in [2.05, 4.69) is 36.7 Å². The van der Waals surface area contributed by atoms with Crippen LogP contribution in [0.4, 0.5) is 0 Å². The summed E-state index contributed by atoms with van der Waals surface area (Å²) in [4.78, 5) is 0. The van der Waals surface area contributed by atoms with Gasteiger partial charge in [-0.15, -0.1) is 0 Å². The summed E-state index contributed by atoms with van der Waals surface area (Å²) in [6, 6.07) is 0. The summed E-state index contributed by atoms with van der Waals surface area (Å²) in [5, 5.41) is 0. The van der Waals surface area contributed by atoms with Crippen molar-refractivity contribution in [1.29, 1.82) is 0 Å². The predicted molar refractivity (Wildman–Crippen MR) is 44.0 cm³/mol. The number of rotatable bonds is 3. The van der Waals surface area contributed by atoms with Crippen molar-refractivity contribution < 1.29 is 4.74 Å². The molecule has 0 aliphatic carbocycles. The maximum Gasteiger partial charge on any atom is 0.0615 e. The molecule has 0 aliphatic rings. The van der Waals surface area contributed by atoms with Crippen LogP contribution in [0.25, 0.3) is 0 Å². The molecule has 0 saturated carbocycles. The standard InChI is InChI=1S/C7H15BrO/c1-6(2)7(3,8)5-9-4/h6H,5H2,1-4H3. The van der Waals surface area contributed by atoms with E-state index in [-0.39, 0.29) is 4.32 Å². The summed E-state index contributed by atoms with van der Waals surface area (Å²) in [5.74, 6) is 0.609. The van der Waals surface area contributed by atoms with Gasteiger partial charge < -0.3 is 4.74 Å². The first kappa shape index (κ1) is 9.44. The predicted octanol–water partition coefficient (Wildman–Crippen LogP) is 2.44. The molecule has 9 heavy (non-hydrogen) atoms. The van der Waals surface area contributed by atoms with E-state index in [1.807, 2.05) is 0 Å². The van der Waals surface area contributed by atoms with Gasteiger partial charge in [0.1, 0.15) is 0 Å². The molecule has 56 valence electrons. The summed E-state index contributed by atoms with van der Waals surface area (Å²) in [7, 11) is 1.72. The molecule has 0 aromatic rings. The topological polar surface area (TPSA) is 9.23 Å². The van der Waals surface area contributed by atoms with Gasteiger partial charge in [0, 0.05) is 11.4 Å². The van der Waals surface area contributed by atoms with Gasteiger partial charge in [0.05, 0.1) is 6.61 Å². The Labute approximate surface area is 65.9 Å². The Morgan fingerprint density at radius 1 is 1.56 bits per heavy atom. The van der Waals surface area contributed by atoms with Gasteiger partial charge in [-0.05, 0) is 12.8 Å². The van der Waals surface area contributed by atoms with Crippen LogP contribution in [0.1, 0.15) is 20.8 Å². The maximum atomic E-state index is 5.02. The Hall–Kier alpha value is 0.440. The molecule has 0 aromatic carbocycles. The molecular weight excluding hydrogens is 180 g/mol. The summed E-state index contributed by atoms with van der Waals surface area (Å²) in [6.45, 7) is 7.26. The van der Waals surface area contributed by atoms with Crippen molar-refractivity contribution in [2.75, 3.05) is 13.7 Å². The van der Waals surface area contributed by atoms with Crippen LogP contribution < -0.4 is 0 Å². The van der Waals surface area contributed by atoms with Crippen molar-refractivity contribution in [1.82, 2.24) is 0 Å². The minimum Gasteiger partial charge on any atom is -0.383 e. The van der Waals surface area contributed by atoms with Crippen LogP contribution in [0.5, 0.6) is 0 Å². The lowest BCUT2D eigenvalue weighted by atomic mass is 9.99. The Bertz CT molecular complexity index is 79.0. The van der Waals surface area contributed by atoms with Crippen LogP contribution in [-0.4, -0.2) is 18.0 Å². The third kappa shape index (κ3) is 3.21. The minimum atomic E-state index is 0.141. The first-order valence-electron chi connectivity index (χ1n) is 3.18. The molecule has 0 aromatic heterocycles. The fourth-order valence-corrected chi connectivity index (χ4v) is 0.678. The first-order chi connectivity index (χ1) is 4.00. The largest absolute Gasteiger partial charge is 0.383 e. The summed E-state index contributed by atoms with van der Waals surface area (Å²) >= 11 is 3.58. The SMILES string of the molecule is COCC(C)(Br)C(C)C. The molecule has 0 fully saturated rings. The van der Waals surface area contributed by atoms with Gasteiger partial charge in [0.25, 0.3) is 0 Å². The van der Waals surface area contributed by atoms with Crippen molar-refractivity contribution in [2.24, 2.45) is 5.92 Å². The lowest BCUT2D eigenvalue weighted by molar-refractivity contribution is 0.158. The molecule has 1 unspecified atom stereocenters. The molecule has 0 spiro atoms. The second-order valence-electron chi connectivity index (χ2n) is 2.87. The molecule has 0 aliphatic heterocycles. The Morgan fingerprint density at radius 3 is 2.11 bits per heavy atom. The Morgan fingerprint density at radius 2 is 2.00 bits per heavy atom. The summed E-state index contributed by atoms with van der Waals surface area (Å²) in [6.07, 6.45) is 0. The van der Waals surface area contributed by atoms with Crippen molar-refractivity contribution >= 4 is 15.9 Å². The molecule has 0 heterocycles. The normalized spacial score (nSPS) is 18.0. The fourth-order valence-electron chi connectivity index (χ4n) is 0.449. The monoisotopic (exact) mass is 194 g/mol. The zero-order chi connectivity index (χ0) is 7.49. The average Bonchev–Trinajstić information content (AvgIpc) is 1.65. The third-order valence-corrected chi connectivity index (χ3v) is 2.77. The molecule has 0 saturated heterocycles. The Kier molecular flexibility index (Phi) is 3.74. The minimum absolute atomic E-state index is 0.141. The third-order valence-electron chi connectivity index (χ3n) is 1.63. The highest BCUT2D eigenvalue weighted by Crippen LogP contribution is 2.26. The summed E-state index contributed by atoms with van der Waals surface area (Å²) in [5.41, 5.74) is 0. The number of alkyl halides is 1. The molecule has 2 heteroatoms. The number of halogens is 1. The van der Waals surface area contributed by atoms with Crippen molar-refractivity contribution in [3.8, 4) is 0 Å².